The molecular formula is C16H17F2N. The number of rotatable bonds is 3. The Kier molecular flexibility index (Phi) is 3.67. The highest BCUT2D eigenvalue weighted by atomic mass is 19.1. The smallest absolute Gasteiger partial charge is 0.126 e. The summed E-state index contributed by atoms with van der Waals surface area (Å²) in [5.41, 5.74) is 8.07. The summed E-state index contributed by atoms with van der Waals surface area (Å²) in [5, 5.41) is 0. The molecule has 2 aromatic carbocycles. The van der Waals surface area contributed by atoms with E-state index >= 15 is 0 Å². The number of nitrogens with two attached hydrogens (primary N) is 1. The molecule has 100 valence electrons. The second-order valence-corrected chi connectivity index (χ2v) is 5.24. The van der Waals surface area contributed by atoms with Gasteiger partial charge in [-0.2, -0.15) is 0 Å². The second-order valence-electron chi connectivity index (χ2n) is 5.24. The van der Waals surface area contributed by atoms with E-state index in [1.54, 1.807) is 6.92 Å². The van der Waals surface area contributed by atoms with Crippen molar-refractivity contribution in [2.24, 2.45) is 5.73 Å². The molecule has 0 amide bonds. The topological polar surface area (TPSA) is 26.0 Å². The molecule has 2 N–H and O–H groups in total. The Bertz CT molecular complexity index is 571. The van der Waals surface area contributed by atoms with Gasteiger partial charge in [0.1, 0.15) is 11.6 Å². The van der Waals surface area contributed by atoms with Crippen LogP contribution in [0.25, 0.3) is 0 Å². The van der Waals surface area contributed by atoms with Gasteiger partial charge in [-0.25, -0.2) is 8.78 Å². The number of hydrogen-bond donors (Lipinski definition) is 1. The van der Waals surface area contributed by atoms with Gasteiger partial charge in [-0.15, -0.1) is 0 Å². The molecule has 0 aliphatic carbocycles. The highest BCUT2D eigenvalue weighted by Crippen LogP contribution is 2.24. The van der Waals surface area contributed by atoms with E-state index in [-0.39, 0.29) is 0 Å². The Morgan fingerprint density at radius 2 is 1.68 bits per heavy atom. The van der Waals surface area contributed by atoms with Gasteiger partial charge < -0.3 is 5.73 Å². The number of halogens is 2. The van der Waals surface area contributed by atoms with E-state index in [1.807, 2.05) is 31.2 Å². The van der Waals surface area contributed by atoms with Crippen molar-refractivity contribution in [1.29, 1.82) is 0 Å². The fraction of sp³-hybridized carbons (Fsp3) is 0.250. The summed E-state index contributed by atoms with van der Waals surface area (Å²) in [5.74, 6) is -1.20. The maximum Gasteiger partial charge on any atom is 0.126 e. The van der Waals surface area contributed by atoms with Crippen LogP contribution in [-0.2, 0) is 12.0 Å². The molecular weight excluding hydrogens is 244 g/mol. The quantitative estimate of drug-likeness (QED) is 0.896. The predicted molar refractivity (Wildman–Crippen MR) is 72.8 cm³/mol. The van der Waals surface area contributed by atoms with E-state index < -0.39 is 17.2 Å². The lowest BCUT2D eigenvalue weighted by atomic mass is 9.86. The molecule has 1 nitrogen and oxygen atoms in total. The Labute approximate surface area is 112 Å². The third-order valence-electron chi connectivity index (χ3n) is 3.18. The Balaban J connectivity index is 2.31. The minimum Gasteiger partial charge on any atom is -0.321 e. The van der Waals surface area contributed by atoms with Crippen LogP contribution in [0, 0.1) is 18.6 Å². The Morgan fingerprint density at radius 3 is 2.26 bits per heavy atom. The molecule has 1 unspecified atom stereocenters. The molecule has 19 heavy (non-hydrogen) atoms. The van der Waals surface area contributed by atoms with E-state index in [0.717, 1.165) is 17.2 Å². The largest absolute Gasteiger partial charge is 0.321 e. The zero-order chi connectivity index (χ0) is 14.0. The SMILES string of the molecule is Cc1cccc(CC(C)(N)c2cc(F)cc(F)c2)c1. The van der Waals surface area contributed by atoms with Crippen molar-refractivity contribution in [2.75, 3.05) is 0 Å². The fourth-order valence-electron chi connectivity index (χ4n) is 2.23. The molecule has 1 atom stereocenters. The summed E-state index contributed by atoms with van der Waals surface area (Å²) >= 11 is 0. The molecule has 2 aromatic rings. The maximum atomic E-state index is 13.3. The molecule has 0 saturated heterocycles. The molecule has 0 aromatic heterocycles. The van der Waals surface area contributed by atoms with Crippen LogP contribution in [0.1, 0.15) is 23.6 Å². The van der Waals surface area contributed by atoms with Crippen molar-refractivity contribution in [3.8, 4) is 0 Å². The van der Waals surface area contributed by atoms with E-state index in [9.17, 15) is 8.78 Å². The van der Waals surface area contributed by atoms with Crippen LogP contribution in [0.2, 0.25) is 0 Å². The summed E-state index contributed by atoms with van der Waals surface area (Å²) < 4.78 is 26.5. The highest BCUT2D eigenvalue weighted by molar-refractivity contribution is 5.30. The van der Waals surface area contributed by atoms with E-state index in [1.165, 1.54) is 12.1 Å². The van der Waals surface area contributed by atoms with Gasteiger partial charge in [0.2, 0.25) is 0 Å². The normalized spacial score (nSPS) is 14.2. The predicted octanol–water partition coefficient (Wildman–Crippen LogP) is 3.69. The van der Waals surface area contributed by atoms with Crippen molar-refractivity contribution in [3.63, 3.8) is 0 Å². The first-order chi connectivity index (χ1) is 8.87. The van der Waals surface area contributed by atoms with Gasteiger partial charge in [0.15, 0.2) is 0 Å². The second kappa shape index (κ2) is 5.10. The van der Waals surface area contributed by atoms with Crippen LogP contribution in [0.15, 0.2) is 42.5 Å². The average Bonchev–Trinajstić information content (AvgIpc) is 2.26. The molecule has 0 aliphatic rings. The summed E-state index contributed by atoms with van der Waals surface area (Å²) in [6, 6.07) is 11.4. The van der Waals surface area contributed by atoms with Crippen LogP contribution in [0.4, 0.5) is 8.78 Å². The lowest BCUT2D eigenvalue weighted by Gasteiger charge is -2.25. The average molecular weight is 261 g/mol. The molecule has 0 fully saturated rings. The third kappa shape index (κ3) is 3.38. The van der Waals surface area contributed by atoms with Crippen molar-refractivity contribution in [3.05, 3.63) is 70.8 Å². The zero-order valence-corrected chi connectivity index (χ0v) is 11.1. The van der Waals surface area contributed by atoms with Gasteiger partial charge in [-0.1, -0.05) is 29.8 Å². The lowest BCUT2D eigenvalue weighted by molar-refractivity contribution is 0.478. The van der Waals surface area contributed by atoms with Gasteiger partial charge in [0.05, 0.1) is 0 Å². The van der Waals surface area contributed by atoms with Crippen LogP contribution in [0.5, 0.6) is 0 Å². The van der Waals surface area contributed by atoms with Gasteiger partial charge in [0, 0.05) is 11.6 Å². The summed E-state index contributed by atoms with van der Waals surface area (Å²) in [7, 11) is 0. The lowest BCUT2D eigenvalue weighted by Crippen LogP contribution is -2.35. The van der Waals surface area contributed by atoms with Gasteiger partial charge in [-0.3, -0.25) is 0 Å². The highest BCUT2D eigenvalue weighted by Gasteiger charge is 2.23. The first kappa shape index (κ1) is 13.7. The number of benzene rings is 2. The van der Waals surface area contributed by atoms with Crippen LogP contribution in [0.3, 0.4) is 0 Å². The van der Waals surface area contributed by atoms with E-state index in [0.29, 0.717) is 12.0 Å². The molecule has 3 heteroatoms. The molecule has 0 radical (unpaired) electrons. The van der Waals surface area contributed by atoms with Crippen molar-refractivity contribution in [2.45, 2.75) is 25.8 Å². The molecule has 0 spiro atoms. The van der Waals surface area contributed by atoms with Crippen LogP contribution < -0.4 is 5.73 Å². The monoisotopic (exact) mass is 261 g/mol. The van der Waals surface area contributed by atoms with Crippen molar-refractivity contribution in [1.82, 2.24) is 0 Å². The summed E-state index contributed by atoms with van der Waals surface area (Å²) in [6.07, 6.45) is 0.525. The standard InChI is InChI=1S/C16H17F2N/c1-11-4-3-5-12(6-11)10-16(2,19)13-7-14(17)9-15(18)8-13/h3-9H,10,19H2,1-2H3. The van der Waals surface area contributed by atoms with Gasteiger partial charge in [0.25, 0.3) is 0 Å². The van der Waals surface area contributed by atoms with Crippen molar-refractivity contribution >= 4 is 0 Å². The van der Waals surface area contributed by atoms with Gasteiger partial charge >= 0.3 is 0 Å². The summed E-state index contributed by atoms with van der Waals surface area (Å²) in [4.78, 5) is 0. The Morgan fingerprint density at radius 1 is 1.05 bits per heavy atom. The summed E-state index contributed by atoms with van der Waals surface area (Å²) in [6.45, 7) is 3.78. The fourth-order valence-corrected chi connectivity index (χ4v) is 2.23. The number of aryl methyl sites for hydroxylation is 1. The first-order valence-corrected chi connectivity index (χ1v) is 6.18. The minimum absolute atomic E-state index is 0.464. The molecule has 0 heterocycles. The number of hydrogen-bond acceptors (Lipinski definition) is 1. The van der Waals surface area contributed by atoms with Crippen LogP contribution >= 0.6 is 0 Å². The first-order valence-electron chi connectivity index (χ1n) is 6.18. The molecule has 2 rings (SSSR count). The van der Waals surface area contributed by atoms with Crippen molar-refractivity contribution < 1.29 is 8.78 Å². The maximum absolute atomic E-state index is 13.3. The molecule has 0 bridgehead atoms. The van der Waals surface area contributed by atoms with Gasteiger partial charge in [-0.05, 0) is 43.5 Å². The van der Waals surface area contributed by atoms with Crippen LogP contribution in [-0.4, -0.2) is 0 Å². The Hall–Kier alpha value is -1.74. The van der Waals surface area contributed by atoms with E-state index in [4.69, 9.17) is 5.73 Å². The zero-order valence-electron chi connectivity index (χ0n) is 11.1. The molecule has 0 aliphatic heterocycles. The third-order valence-corrected chi connectivity index (χ3v) is 3.18. The van der Waals surface area contributed by atoms with E-state index in [2.05, 4.69) is 0 Å². The molecule has 0 saturated carbocycles. The minimum atomic E-state index is -0.809.